The molecule has 5 rings (SSSR count). The van der Waals surface area contributed by atoms with Crippen LogP contribution in [-0.2, 0) is 18.9 Å². The van der Waals surface area contributed by atoms with Gasteiger partial charge < -0.3 is 18.9 Å². The number of hydrogen-bond donors (Lipinski definition) is 0. The van der Waals surface area contributed by atoms with Gasteiger partial charge in [0.1, 0.15) is 12.2 Å². The van der Waals surface area contributed by atoms with Crippen molar-refractivity contribution in [2.24, 2.45) is 0 Å². The van der Waals surface area contributed by atoms with Crippen molar-refractivity contribution in [3.8, 4) is 0 Å². The minimum Gasteiger partial charge on any atom is -0.372 e. The third kappa shape index (κ3) is 8.91. The van der Waals surface area contributed by atoms with E-state index >= 15 is 0 Å². The summed E-state index contributed by atoms with van der Waals surface area (Å²) in [6, 6.07) is 0. The van der Waals surface area contributed by atoms with Gasteiger partial charge in [0.2, 0.25) is 0 Å². The van der Waals surface area contributed by atoms with Crippen molar-refractivity contribution in [1.29, 1.82) is 0 Å². The van der Waals surface area contributed by atoms with Crippen LogP contribution in [0.2, 0.25) is 0 Å². The molecule has 53 heavy (non-hydrogen) atoms. The quantitative estimate of drug-likeness (QED) is 0.245. The van der Waals surface area contributed by atoms with Gasteiger partial charge in [-0.2, -0.15) is 0 Å². The summed E-state index contributed by atoms with van der Waals surface area (Å²) in [5.41, 5.74) is 0.201. The molecule has 0 spiro atoms. The average Bonchev–Trinajstić information content (AvgIpc) is 3.25. The molecule has 0 radical (unpaired) electrons. The summed E-state index contributed by atoms with van der Waals surface area (Å²) in [6.45, 7) is 38.0. The fraction of sp³-hybridized carbons (Fsp3) is 1.00. The molecule has 5 aliphatic rings. The highest BCUT2D eigenvalue weighted by Gasteiger charge is 2.56. The van der Waals surface area contributed by atoms with Crippen molar-refractivity contribution in [3.05, 3.63) is 0 Å². The second-order valence-corrected chi connectivity index (χ2v) is 23.6. The molecule has 0 aromatic carbocycles. The maximum absolute atomic E-state index is 7.56. The minimum absolute atomic E-state index is 0.0168. The summed E-state index contributed by atoms with van der Waals surface area (Å²) >= 11 is 0. The van der Waals surface area contributed by atoms with Crippen LogP contribution in [0.4, 0.5) is 0 Å². The largest absolute Gasteiger partial charge is 0.372 e. The maximum atomic E-state index is 7.56. The summed E-state index contributed by atoms with van der Waals surface area (Å²) in [5, 5.41) is 0. The fourth-order valence-electron chi connectivity index (χ4n) is 12.0. The molecule has 5 fully saturated rings. The van der Waals surface area contributed by atoms with E-state index in [0.717, 1.165) is 57.8 Å². The molecule has 1 saturated carbocycles. The van der Waals surface area contributed by atoms with E-state index in [1.807, 2.05) is 0 Å². The zero-order valence-electron chi connectivity index (χ0n) is 38.4. The molecule has 4 aliphatic heterocycles. The van der Waals surface area contributed by atoms with Gasteiger partial charge in [-0.25, -0.2) is 0 Å². The third-order valence-corrected chi connectivity index (χ3v) is 16.0. The van der Waals surface area contributed by atoms with Crippen LogP contribution in [0.15, 0.2) is 0 Å². The highest BCUT2D eigenvalue weighted by Crippen LogP contribution is 2.47. The molecule has 310 valence electrons. The smallest absolute Gasteiger partial charge is 0.113 e. The lowest BCUT2D eigenvalue weighted by molar-refractivity contribution is -0.216. The van der Waals surface area contributed by atoms with Crippen LogP contribution >= 0.6 is 0 Å². The molecule has 8 heteroatoms. The number of hydrogen-bond acceptors (Lipinski definition) is 8. The molecule has 0 N–H and O–H groups in total. The van der Waals surface area contributed by atoms with Gasteiger partial charge in [0, 0.05) is 50.7 Å². The molecule has 0 amide bonds. The normalized spacial score (nSPS) is 36.9. The predicted molar refractivity (Wildman–Crippen MR) is 220 cm³/mol. The van der Waals surface area contributed by atoms with Gasteiger partial charge in [-0.05, 0) is 190 Å². The van der Waals surface area contributed by atoms with Crippen molar-refractivity contribution in [2.45, 2.75) is 262 Å². The van der Waals surface area contributed by atoms with Crippen LogP contribution in [0, 0.1) is 0 Å². The van der Waals surface area contributed by atoms with E-state index in [1.165, 1.54) is 0 Å². The Morgan fingerprint density at radius 1 is 0.302 bits per heavy atom. The molecule has 8 nitrogen and oxygen atoms in total. The molecule has 4 saturated heterocycles. The fourth-order valence-corrected chi connectivity index (χ4v) is 12.0. The van der Waals surface area contributed by atoms with E-state index in [4.69, 9.17) is 18.9 Å². The molecule has 0 aromatic heterocycles. The Balaban J connectivity index is 1.53. The van der Waals surface area contributed by atoms with Crippen molar-refractivity contribution < 1.29 is 18.9 Å². The van der Waals surface area contributed by atoms with E-state index in [9.17, 15) is 0 Å². The number of rotatable bonds is 8. The molecular formula is C45H86N4O4. The molecule has 1 aliphatic carbocycles. The molecule has 4 atom stereocenters. The molecule has 4 heterocycles. The van der Waals surface area contributed by atoms with E-state index in [1.54, 1.807) is 0 Å². The Bertz CT molecular complexity index is 1120. The molecular weight excluding hydrogens is 661 g/mol. The van der Waals surface area contributed by atoms with Crippen LogP contribution in [-0.4, -0.2) is 141 Å². The summed E-state index contributed by atoms with van der Waals surface area (Å²) in [4.78, 5) is 10.2. The summed E-state index contributed by atoms with van der Waals surface area (Å²) in [5.74, 6) is 0. The lowest BCUT2D eigenvalue weighted by Gasteiger charge is -2.55. The van der Waals surface area contributed by atoms with Crippen LogP contribution < -0.4 is 0 Å². The zero-order chi connectivity index (χ0) is 40.1. The van der Waals surface area contributed by atoms with E-state index in [0.29, 0.717) is 0 Å². The van der Waals surface area contributed by atoms with Crippen LogP contribution in [0.5, 0.6) is 0 Å². The number of piperidine rings is 4. The maximum Gasteiger partial charge on any atom is 0.113 e. The summed E-state index contributed by atoms with van der Waals surface area (Å²) in [6.07, 6.45) is 8.58. The first-order chi connectivity index (χ1) is 23.8. The van der Waals surface area contributed by atoms with Crippen molar-refractivity contribution in [2.75, 3.05) is 28.2 Å². The number of ether oxygens (including phenoxy) is 4. The number of nitrogens with zero attached hydrogens (tertiary/aromatic N) is 4. The third-order valence-electron chi connectivity index (χ3n) is 16.0. The highest BCUT2D eigenvalue weighted by molar-refractivity contribution is 5.07. The minimum atomic E-state index is -0.205. The lowest BCUT2D eigenvalue weighted by Crippen LogP contribution is -2.62. The molecule has 0 aromatic rings. The van der Waals surface area contributed by atoms with E-state index in [-0.39, 0.29) is 93.1 Å². The summed E-state index contributed by atoms with van der Waals surface area (Å²) in [7, 11) is 9.13. The van der Waals surface area contributed by atoms with Gasteiger partial charge in [-0.15, -0.1) is 0 Å². The van der Waals surface area contributed by atoms with E-state index < -0.39 is 0 Å². The Kier molecular flexibility index (Phi) is 11.7. The predicted octanol–water partition coefficient (Wildman–Crippen LogP) is 8.54. The van der Waals surface area contributed by atoms with E-state index in [2.05, 4.69) is 159 Å². The second kappa shape index (κ2) is 14.2. The first-order valence-electron chi connectivity index (χ1n) is 21.4. The molecule has 0 bridgehead atoms. The Morgan fingerprint density at radius 3 is 0.660 bits per heavy atom. The first-order valence-corrected chi connectivity index (χ1v) is 21.4. The van der Waals surface area contributed by atoms with Crippen LogP contribution in [0.3, 0.4) is 0 Å². The zero-order valence-corrected chi connectivity index (χ0v) is 38.4. The van der Waals surface area contributed by atoms with Gasteiger partial charge in [0.15, 0.2) is 0 Å². The van der Waals surface area contributed by atoms with Crippen molar-refractivity contribution in [1.82, 2.24) is 19.6 Å². The SMILES string of the molecule is CN1C(C)(C)CC(OC2CC(OC3CC(C)(C)N(C)C(C)(C)C3)C(OC3CC(C)(C)N(C)C(C)(C)C3)C2OC2CC(C)(C)N(C)C(C)(C)C2)CC1(C)C. The monoisotopic (exact) mass is 747 g/mol. The van der Waals surface area contributed by atoms with Gasteiger partial charge in [-0.1, -0.05) is 0 Å². The summed E-state index contributed by atoms with van der Waals surface area (Å²) < 4.78 is 30.0. The van der Waals surface area contributed by atoms with Crippen molar-refractivity contribution in [3.63, 3.8) is 0 Å². The van der Waals surface area contributed by atoms with Gasteiger partial charge >= 0.3 is 0 Å². The van der Waals surface area contributed by atoms with Crippen LogP contribution in [0.25, 0.3) is 0 Å². The average molecular weight is 747 g/mol. The topological polar surface area (TPSA) is 49.9 Å². The number of likely N-dealkylation sites (tertiary alicyclic amines) is 4. The Hall–Kier alpha value is -0.320. The van der Waals surface area contributed by atoms with Crippen molar-refractivity contribution >= 4 is 0 Å². The Morgan fingerprint density at radius 2 is 0.472 bits per heavy atom. The van der Waals surface area contributed by atoms with Gasteiger partial charge in [-0.3, -0.25) is 19.6 Å². The lowest BCUT2D eigenvalue weighted by atomic mass is 9.78. The standard InChI is InChI=1S/C45H86N4O4/c1-38(2)22-30(23-39(3,4)46(38)17)50-34-21-35(51-31-24-40(5,6)47(18)41(7,8)25-31)37(53-33-28-44(13,14)49(20)45(15,16)29-33)36(34)52-32-26-42(9,10)48(19)43(11,12)27-32/h30-37H,21-29H2,1-20H3. The second-order valence-electron chi connectivity index (χ2n) is 23.6. The van der Waals surface area contributed by atoms with Gasteiger partial charge in [0.25, 0.3) is 0 Å². The van der Waals surface area contributed by atoms with Gasteiger partial charge in [0.05, 0.1) is 36.6 Å². The first kappa shape index (κ1) is 43.8. The highest BCUT2D eigenvalue weighted by atomic mass is 16.6. The van der Waals surface area contributed by atoms with Crippen LogP contribution in [0.1, 0.15) is 169 Å². The molecule has 4 unspecified atom stereocenters. The Labute approximate surface area is 327 Å².